The molecule has 2 aliphatic heterocycles. The summed E-state index contributed by atoms with van der Waals surface area (Å²) in [5, 5.41) is 13.8. The van der Waals surface area contributed by atoms with Crippen molar-refractivity contribution in [3.63, 3.8) is 0 Å². The number of nitrogens with zero attached hydrogens (tertiary/aromatic N) is 1. The number of carbonyl (C=O) groups is 2. The van der Waals surface area contributed by atoms with Crippen molar-refractivity contribution in [2.45, 2.75) is 12.5 Å². The van der Waals surface area contributed by atoms with Crippen molar-refractivity contribution in [1.29, 1.82) is 0 Å². The molecule has 0 radical (unpaired) electrons. The molecule has 8 heteroatoms. The van der Waals surface area contributed by atoms with Crippen molar-refractivity contribution in [1.82, 2.24) is 4.90 Å². The zero-order valence-corrected chi connectivity index (χ0v) is 19.8. The van der Waals surface area contributed by atoms with Gasteiger partial charge in [0.2, 0.25) is 5.78 Å². The van der Waals surface area contributed by atoms with E-state index in [2.05, 4.69) is 15.9 Å². The number of ether oxygens (including phenoxy) is 1. The monoisotopic (exact) mass is 518 g/mol. The van der Waals surface area contributed by atoms with Gasteiger partial charge in [-0.15, -0.1) is 0 Å². The van der Waals surface area contributed by atoms with Crippen LogP contribution in [0, 0.1) is 0 Å². The number of nitrogens with one attached hydrogen (secondary N) is 1. The minimum absolute atomic E-state index is 0.00151. The number of hydrogen-bond donors (Lipinski definition) is 1. The van der Waals surface area contributed by atoms with E-state index in [1.165, 1.54) is 4.90 Å². The Morgan fingerprint density at radius 2 is 1.75 bits per heavy atom. The Bertz CT molecular complexity index is 1020. The maximum Gasteiger partial charge on any atom is 0.295 e. The first-order chi connectivity index (χ1) is 15.5. The number of ketones is 1. The lowest BCUT2D eigenvalue weighted by Crippen LogP contribution is -3.14. The van der Waals surface area contributed by atoms with E-state index < -0.39 is 23.5 Å². The highest BCUT2D eigenvalue weighted by molar-refractivity contribution is 9.10. The van der Waals surface area contributed by atoms with Gasteiger partial charge < -0.3 is 19.6 Å². The van der Waals surface area contributed by atoms with E-state index in [0.717, 1.165) is 49.3 Å². The van der Waals surface area contributed by atoms with E-state index in [1.807, 2.05) is 24.3 Å². The second-order valence-corrected chi connectivity index (χ2v) is 9.35. The lowest BCUT2D eigenvalue weighted by molar-refractivity contribution is -0.908. The molecular formula is C24H24BrClN2O4. The standard InChI is InChI=1S/C24H24BrClN2O4/c25-18-6-2-16(3-7-18)21-20(22(29)17-4-8-19(26)9-5-17)23(30)24(31)28(21)11-1-10-27-12-14-32-15-13-27/h2-9,21,29H,1,10-15H2. The van der Waals surface area contributed by atoms with Crippen molar-refractivity contribution in [3.8, 4) is 0 Å². The zero-order chi connectivity index (χ0) is 22.7. The molecule has 0 bridgehead atoms. The molecule has 2 aromatic carbocycles. The van der Waals surface area contributed by atoms with E-state index in [1.54, 1.807) is 29.2 Å². The third-order valence-corrected chi connectivity index (χ3v) is 6.73. The first kappa shape index (κ1) is 23.0. The van der Waals surface area contributed by atoms with Crippen LogP contribution in [-0.4, -0.2) is 56.0 Å². The van der Waals surface area contributed by atoms with E-state index in [0.29, 0.717) is 17.1 Å². The molecule has 2 fully saturated rings. The van der Waals surface area contributed by atoms with Crippen LogP contribution in [0.25, 0.3) is 5.76 Å². The quantitative estimate of drug-likeness (QED) is 0.358. The number of rotatable bonds is 6. The molecule has 1 atom stereocenters. The number of amides is 1. The molecule has 1 unspecified atom stereocenters. The Morgan fingerprint density at radius 1 is 1.09 bits per heavy atom. The lowest BCUT2D eigenvalue weighted by atomic mass is 9.95. The van der Waals surface area contributed by atoms with Crippen molar-refractivity contribution in [3.05, 3.63) is 74.7 Å². The number of hydrogen-bond acceptors (Lipinski definition) is 4. The highest BCUT2D eigenvalue weighted by Crippen LogP contribution is 2.39. The molecule has 2 aromatic rings. The fraction of sp³-hybridized carbons (Fsp3) is 0.333. The summed E-state index contributed by atoms with van der Waals surface area (Å²) in [4.78, 5) is 29.0. The predicted molar refractivity (Wildman–Crippen MR) is 123 cm³/mol. The van der Waals surface area contributed by atoms with Gasteiger partial charge in [-0.05, 0) is 35.4 Å². The van der Waals surface area contributed by atoms with Gasteiger partial charge in [-0.1, -0.05) is 57.6 Å². The Hall–Kier alpha value is -2.19. The van der Waals surface area contributed by atoms with E-state index >= 15 is 0 Å². The maximum atomic E-state index is 13.3. The minimum Gasteiger partial charge on any atom is -0.872 e. The molecule has 0 saturated carbocycles. The zero-order valence-electron chi connectivity index (χ0n) is 17.5. The molecule has 32 heavy (non-hydrogen) atoms. The number of Topliss-reactive ketones (excluding diaryl/α,β-unsaturated/α-hetero) is 1. The smallest absolute Gasteiger partial charge is 0.295 e. The molecule has 2 heterocycles. The Labute approximate surface area is 200 Å². The number of likely N-dealkylation sites (tertiary alicyclic amines) is 1. The third-order valence-electron chi connectivity index (χ3n) is 5.95. The second-order valence-electron chi connectivity index (χ2n) is 8.00. The average Bonchev–Trinajstić information content (AvgIpc) is 3.05. The molecule has 0 aromatic heterocycles. The summed E-state index contributed by atoms with van der Waals surface area (Å²) >= 11 is 9.37. The number of halogens is 2. The topological polar surface area (TPSA) is 74.1 Å². The summed E-state index contributed by atoms with van der Waals surface area (Å²) in [6, 6.07) is 13.1. The highest BCUT2D eigenvalue weighted by atomic mass is 79.9. The SMILES string of the molecule is O=C1C(=O)N(CCC[NH+]2CCOCC2)C(c2ccc(Br)cc2)C1=C([O-])c1ccc(Cl)cc1. The van der Waals surface area contributed by atoms with Crippen molar-refractivity contribution >= 4 is 45.0 Å². The number of carbonyl (C=O) groups excluding carboxylic acids is 2. The molecule has 2 saturated heterocycles. The Balaban J connectivity index is 1.66. The van der Waals surface area contributed by atoms with Gasteiger partial charge in [-0.25, -0.2) is 0 Å². The molecule has 0 aliphatic carbocycles. The van der Waals surface area contributed by atoms with Gasteiger partial charge in [-0.3, -0.25) is 9.59 Å². The summed E-state index contributed by atoms with van der Waals surface area (Å²) in [7, 11) is 0. The van der Waals surface area contributed by atoms with Gasteiger partial charge >= 0.3 is 0 Å². The Morgan fingerprint density at radius 3 is 2.41 bits per heavy atom. The molecule has 4 rings (SSSR count). The van der Waals surface area contributed by atoms with Crippen molar-refractivity contribution < 1.29 is 24.3 Å². The molecule has 168 valence electrons. The van der Waals surface area contributed by atoms with Crippen LogP contribution in [0.3, 0.4) is 0 Å². The molecule has 2 aliphatic rings. The van der Waals surface area contributed by atoms with Crippen LogP contribution < -0.4 is 10.0 Å². The molecule has 1 N–H and O–H groups in total. The van der Waals surface area contributed by atoms with Gasteiger partial charge in [-0.2, -0.15) is 0 Å². The van der Waals surface area contributed by atoms with Gasteiger partial charge in [0.1, 0.15) is 13.1 Å². The highest BCUT2D eigenvalue weighted by Gasteiger charge is 2.44. The maximum absolute atomic E-state index is 13.3. The fourth-order valence-electron chi connectivity index (χ4n) is 4.26. The summed E-state index contributed by atoms with van der Waals surface area (Å²) < 4.78 is 6.28. The number of morpholine rings is 1. The fourth-order valence-corrected chi connectivity index (χ4v) is 4.65. The van der Waals surface area contributed by atoms with Crippen LogP contribution in [0.15, 0.2) is 58.6 Å². The summed E-state index contributed by atoms with van der Waals surface area (Å²) in [5.74, 6) is -1.78. The van der Waals surface area contributed by atoms with Gasteiger partial charge in [0.25, 0.3) is 5.91 Å². The third kappa shape index (κ3) is 4.91. The van der Waals surface area contributed by atoms with Crippen LogP contribution in [0.1, 0.15) is 23.6 Å². The largest absolute Gasteiger partial charge is 0.872 e. The van der Waals surface area contributed by atoms with Crippen LogP contribution in [-0.2, 0) is 14.3 Å². The average molecular weight is 520 g/mol. The summed E-state index contributed by atoms with van der Waals surface area (Å²) in [6.45, 7) is 4.66. The molecule has 6 nitrogen and oxygen atoms in total. The number of quaternary nitrogens is 1. The minimum atomic E-state index is -0.725. The van der Waals surface area contributed by atoms with Crippen LogP contribution in [0.5, 0.6) is 0 Å². The lowest BCUT2D eigenvalue weighted by Gasteiger charge is -2.29. The summed E-state index contributed by atoms with van der Waals surface area (Å²) in [6.07, 6.45) is 0.740. The van der Waals surface area contributed by atoms with Crippen LogP contribution >= 0.6 is 27.5 Å². The molecule has 0 spiro atoms. The van der Waals surface area contributed by atoms with Gasteiger partial charge in [0.15, 0.2) is 0 Å². The normalized spacial score (nSPS) is 21.3. The number of benzene rings is 2. The second kappa shape index (κ2) is 10.2. The van der Waals surface area contributed by atoms with E-state index in [-0.39, 0.29) is 5.57 Å². The first-order valence-electron chi connectivity index (χ1n) is 10.6. The molecule has 1 amide bonds. The van der Waals surface area contributed by atoms with Gasteiger partial charge in [0, 0.05) is 28.0 Å². The predicted octanol–water partition coefficient (Wildman–Crippen LogP) is 1.63. The Kier molecular flexibility index (Phi) is 7.30. The van der Waals surface area contributed by atoms with E-state index in [4.69, 9.17) is 16.3 Å². The van der Waals surface area contributed by atoms with Crippen LogP contribution in [0.2, 0.25) is 5.02 Å². The molecular weight excluding hydrogens is 496 g/mol. The summed E-state index contributed by atoms with van der Waals surface area (Å²) in [5.41, 5.74) is 1.08. The first-order valence-corrected chi connectivity index (χ1v) is 11.8. The van der Waals surface area contributed by atoms with E-state index in [9.17, 15) is 14.7 Å². The van der Waals surface area contributed by atoms with Crippen LogP contribution in [0.4, 0.5) is 0 Å². The van der Waals surface area contributed by atoms with Gasteiger partial charge in [0.05, 0.1) is 25.8 Å². The van der Waals surface area contributed by atoms with Crippen molar-refractivity contribution in [2.24, 2.45) is 0 Å². The van der Waals surface area contributed by atoms with Crippen molar-refractivity contribution in [2.75, 3.05) is 39.4 Å².